The van der Waals surface area contributed by atoms with E-state index in [1.807, 2.05) is 0 Å². The number of aliphatic hydroxyl groups excluding tert-OH is 2. The second kappa shape index (κ2) is 3.38. The summed E-state index contributed by atoms with van der Waals surface area (Å²) in [5, 5.41) is 18.3. The van der Waals surface area contributed by atoms with Crippen LogP contribution in [0.3, 0.4) is 0 Å². The quantitative estimate of drug-likeness (QED) is 0.794. The van der Waals surface area contributed by atoms with Crippen molar-refractivity contribution in [2.75, 3.05) is 0 Å². The van der Waals surface area contributed by atoms with Crippen molar-refractivity contribution in [3.8, 4) is 0 Å². The molecule has 1 aromatic heterocycles. The molecule has 2 N–H and O–H groups in total. The zero-order valence-corrected chi connectivity index (χ0v) is 7.58. The van der Waals surface area contributed by atoms with Crippen LogP contribution in [-0.4, -0.2) is 16.3 Å². The molecule has 0 spiro atoms. The number of hydrogen-bond acceptors (Lipinski definition) is 3. The Morgan fingerprint density at radius 2 is 2.18 bits per heavy atom. The molecular weight excluding hydrogens is 212 g/mol. The Kier molecular flexibility index (Phi) is 2.70. The first kappa shape index (κ1) is 8.77. The van der Waals surface area contributed by atoms with E-state index in [4.69, 9.17) is 9.52 Å². The molecule has 0 fully saturated rings. The first-order chi connectivity index (χ1) is 5.13. The van der Waals surface area contributed by atoms with Crippen LogP contribution in [0.5, 0.6) is 0 Å². The minimum absolute atomic E-state index is 0.361. The molecule has 0 amide bonds. The zero-order chi connectivity index (χ0) is 8.43. The van der Waals surface area contributed by atoms with Gasteiger partial charge in [-0.2, -0.15) is 0 Å². The van der Waals surface area contributed by atoms with Gasteiger partial charge in [0.1, 0.15) is 11.9 Å². The molecule has 0 radical (unpaired) electrons. The number of furan rings is 1. The molecular formula is C7H9BrO3. The smallest absolute Gasteiger partial charge is 0.149 e. The van der Waals surface area contributed by atoms with Gasteiger partial charge in [-0.3, -0.25) is 0 Å². The molecule has 0 aliphatic rings. The van der Waals surface area contributed by atoms with Crippen LogP contribution in [-0.2, 0) is 0 Å². The molecule has 0 aliphatic heterocycles. The second-order valence-electron chi connectivity index (χ2n) is 2.32. The molecule has 0 bridgehead atoms. The molecule has 4 heteroatoms. The Bertz CT molecular complexity index is 231. The van der Waals surface area contributed by atoms with E-state index in [1.54, 1.807) is 6.07 Å². The van der Waals surface area contributed by atoms with Gasteiger partial charge < -0.3 is 14.6 Å². The summed E-state index contributed by atoms with van der Waals surface area (Å²) in [7, 11) is 0. The highest BCUT2D eigenvalue weighted by Crippen LogP contribution is 2.26. The van der Waals surface area contributed by atoms with Crippen molar-refractivity contribution in [3.63, 3.8) is 0 Å². The maximum Gasteiger partial charge on any atom is 0.149 e. The van der Waals surface area contributed by atoms with Crippen LogP contribution in [0.15, 0.2) is 21.2 Å². The fraction of sp³-hybridized carbons (Fsp3) is 0.429. The third kappa shape index (κ3) is 1.83. The van der Waals surface area contributed by atoms with Gasteiger partial charge in [0.25, 0.3) is 0 Å². The molecule has 0 aliphatic carbocycles. The molecule has 2 unspecified atom stereocenters. The molecule has 1 rings (SSSR count). The molecule has 62 valence electrons. The van der Waals surface area contributed by atoms with Crippen molar-refractivity contribution in [3.05, 3.63) is 22.6 Å². The minimum atomic E-state index is -0.959. The van der Waals surface area contributed by atoms with Crippen LogP contribution in [0, 0.1) is 0 Å². The lowest BCUT2D eigenvalue weighted by atomic mass is 10.2. The topological polar surface area (TPSA) is 53.6 Å². The number of halogens is 1. The van der Waals surface area contributed by atoms with Gasteiger partial charge in [-0.1, -0.05) is 0 Å². The first-order valence-corrected chi connectivity index (χ1v) is 4.01. The van der Waals surface area contributed by atoms with Crippen molar-refractivity contribution in [1.82, 2.24) is 0 Å². The van der Waals surface area contributed by atoms with Gasteiger partial charge in [0.15, 0.2) is 0 Å². The SMILES string of the molecule is CC(O)C(O)c1occc1Br. The van der Waals surface area contributed by atoms with Gasteiger partial charge in [-0.15, -0.1) is 0 Å². The molecule has 11 heavy (non-hydrogen) atoms. The van der Waals surface area contributed by atoms with Crippen LogP contribution in [0.1, 0.15) is 18.8 Å². The average Bonchev–Trinajstić information content (AvgIpc) is 2.33. The highest BCUT2D eigenvalue weighted by molar-refractivity contribution is 9.10. The van der Waals surface area contributed by atoms with E-state index in [9.17, 15) is 5.11 Å². The number of rotatable bonds is 2. The lowest BCUT2D eigenvalue weighted by molar-refractivity contribution is 0.0163. The summed E-state index contributed by atoms with van der Waals surface area (Å²) in [6, 6.07) is 1.67. The van der Waals surface area contributed by atoms with Crippen LogP contribution in [0.25, 0.3) is 0 Å². The summed E-state index contributed by atoms with van der Waals surface area (Å²) in [5.41, 5.74) is 0. The van der Waals surface area contributed by atoms with Gasteiger partial charge in [-0.25, -0.2) is 0 Å². The van der Waals surface area contributed by atoms with E-state index in [1.165, 1.54) is 13.2 Å². The molecule has 1 aromatic rings. The van der Waals surface area contributed by atoms with Gasteiger partial charge in [0.05, 0.1) is 16.8 Å². The molecule has 1 heterocycles. The first-order valence-electron chi connectivity index (χ1n) is 3.22. The van der Waals surface area contributed by atoms with Gasteiger partial charge in [0, 0.05) is 0 Å². The van der Waals surface area contributed by atoms with Crippen LogP contribution in [0.2, 0.25) is 0 Å². The summed E-state index contributed by atoms with van der Waals surface area (Å²) in [5.74, 6) is 0.361. The largest absolute Gasteiger partial charge is 0.465 e. The standard InChI is InChI=1S/C7H9BrO3/c1-4(9)6(10)7-5(8)2-3-11-7/h2-4,6,9-10H,1H3. The molecule has 0 saturated heterocycles. The third-order valence-electron chi connectivity index (χ3n) is 1.37. The van der Waals surface area contributed by atoms with Gasteiger partial charge in [-0.05, 0) is 28.9 Å². The molecule has 0 saturated carbocycles. The number of aliphatic hydroxyl groups is 2. The van der Waals surface area contributed by atoms with Crippen LogP contribution in [0.4, 0.5) is 0 Å². The lowest BCUT2D eigenvalue weighted by Crippen LogP contribution is -2.13. The molecule has 2 atom stereocenters. The lowest BCUT2D eigenvalue weighted by Gasteiger charge is -2.10. The fourth-order valence-corrected chi connectivity index (χ4v) is 1.17. The summed E-state index contributed by atoms with van der Waals surface area (Å²) in [4.78, 5) is 0. The monoisotopic (exact) mass is 220 g/mol. The average molecular weight is 221 g/mol. The minimum Gasteiger partial charge on any atom is -0.465 e. The van der Waals surface area contributed by atoms with Crippen molar-refractivity contribution in [2.45, 2.75) is 19.1 Å². The van der Waals surface area contributed by atoms with E-state index in [0.29, 0.717) is 10.2 Å². The van der Waals surface area contributed by atoms with E-state index < -0.39 is 12.2 Å². The summed E-state index contributed by atoms with van der Waals surface area (Å²) in [6.45, 7) is 1.50. The highest BCUT2D eigenvalue weighted by Gasteiger charge is 2.19. The summed E-state index contributed by atoms with van der Waals surface area (Å²) in [6.07, 6.45) is -0.331. The summed E-state index contributed by atoms with van der Waals surface area (Å²) < 4.78 is 5.60. The summed E-state index contributed by atoms with van der Waals surface area (Å²) >= 11 is 3.17. The van der Waals surface area contributed by atoms with Crippen molar-refractivity contribution < 1.29 is 14.6 Å². The molecule has 0 aromatic carbocycles. The van der Waals surface area contributed by atoms with E-state index in [0.717, 1.165) is 0 Å². The Balaban J connectivity index is 2.84. The predicted octanol–water partition coefficient (Wildman–Crippen LogP) is 1.46. The number of hydrogen-bond donors (Lipinski definition) is 2. The van der Waals surface area contributed by atoms with Gasteiger partial charge in [0.2, 0.25) is 0 Å². The van der Waals surface area contributed by atoms with Crippen LogP contribution < -0.4 is 0 Å². The molecule has 3 nitrogen and oxygen atoms in total. The predicted molar refractivity (Wildman–Crippen MR) is 43.0 cm³/mol. The maximum atomic E-state index is 9.29. The maximum absolute atomic E-state index is 9.29. The Hall–Kier alpha value is -0.320. The Labute approximate surface area is 72.8 Å². The second-order valence-corrected chi connectivity index (χ2v) is 3.17. The van der Waals surface area contributed by atoms with Crippen molar-refractivity contribution in [2.24, 2.45) is 0 Å². The van der Waals surface area contributed by atoms with E-state index in [2.05, 4.69) is 15.9 Å². The van der Waals surface area contributed by atoms with Crippen molar-refractivity contribution in [1.29, 1.82) is 0 Å². The normalized spacial score (nSPS) is 16.4. The zero-order valence-electron chi connectivity index (χ0n) is 5.99. The van der Waals surface area contributed by atoms with Gasteiger partial charge >= 0.3 is 0 Å². The van der Waals surface area contributed by atoms with Crippen LogP contribution >= 0.6 is 15.9 Å². The van der Waals surface area contributed by atoms with E-state index >= 15 is 0 Å². The Morgan fingerprint density at radius 1 is 1.55 bits per heavy atom. The van der Waals surface area contributed by atoms with E-state index in [-0.39, 0.29) is 0 Å². The Morgan fingerprint density at radius 3 is 2.55 bits per heavy atom. The highest BCUT2D eigenvalue weighted by atomic mass is 79.9. The third-order valence-corrected chi connectivity index (χ3v) is 2.03. The van der Waals surface area contributed by atoms with Crippen molar-refractivity contribution >= 4 is 15.9 Å². The fourth-order valence-electron chi connectivity index (χ4n) is 0.736.